The van der Waals surface area contributed by atoms with Gasteiger partial charge in [-0.1, -0.05) is 0 Å². The van der Waals surface area contributed by atoms with Crippen LogP contribution in [0.4, 0.5) is 11.4 Å². The summed E-state index contributed by atoms with van der Waals surface area (Å²) in [6.07, 6.45) is 1.29. The fourth-order valence-corrected chi connectivity index (χ4v) is 1.10. The molecule has 0 aliphatic rings. The second-order valence-electron chi connectivity index (χ2n) is 3.12. The first-order chi connectivity index (χ1) is 8.40. The average Bonchev–Trinajstić information content (AvgIpc) is 2.26. The van der Waals surface area contributed by atoms with Gasteiger partial charge in [-0.05, 0) is 6.07 Å². The number of phenolic OH excluding ortho intramolecular Hbond substituents is 1. The maximum Gasteiger partial charge on any atom is 0.328 e. The summed E-state index contributed by atoms with van der Waals surface area (Å²) in [5.74, 6) is -2.44. The van der Waals surface area contributed by atoms with Gasteiger partial charge in [-0.15, -0.1) is 0 Å². The summed E-state index contributed by atoms with van der Waals surface area (Å²) in [5.41, 5.74) is -0.634. The minimum atomic E-state index is -1.32. The van der Waals surface area contributed by atoms with Crippen LogP contribution < -0.4 is 5.32 Å². The molecule has 0 aromatic heterocycles. The van der Waals surface area contributed by atoms with Crippen LogP contribution >= 0.6 is 0 Å². The zero-order valence-electron chi connectivity index (χ0n) is 8.86. The van der Waals surface area contributed by atoms with E-state index < -0.39 is 22.5 Å². The molecule has 0 bridgehead atoms. The molecule has 0 spiro atoms. The van der Waals surface area contributed by atoms with Crippen LogP contribution in [0.15, 0.2) is 30.4 Å². The van der Waals surface area contributed by atoms with Gasteiger partial charge in [-0.3, -0.25) is 14.9 Å². The third kappa shape index (κ3) is 3.59. The van der Waals surface area contributed by atoms with Gasteiger partial charge >= 0.3 is 5.97 Å². The topological polar surface area (TPSA) is 130 Å². The molecule has 94 valence electrons. The number of benzene rings is 1. The van der Waals surface area contributed by atoms with Crippen LogP contribution in [-0.2, 0) is 9.59 Å². The normalized spacial score (nSPS) is 10.2. The minimum absolute atomic E-state index is 0.222. The molecule has 18 heavy (non-hydrogen) atoms. The van der Waals surface area contributed by atoms with Gasteiger partial charge in [0, 0.05) is 24.3 Å². The van der Waals surface area contributed by atoms with Gasteiger partial charge in [0.2, 0.25) is 5.91 Å². The summed E-state index contributed by atoms with van der Waals surface area (Å²) in [4.78, 5) is 31.3. The molecule has 1 amide bonds. The highest BCUT2D eigenvalue weighted by Crippen LogP contribution is 2.28. The predicted octanol–water partition coefficient (Wildman–Crippen LogP) is 0.880. The number of phenols is 1. The van der Waals surface area contributed by atoms with Crippen molar-refractivity contribution in [1.82, 2.24) is 0 Å². The van der Waals surface area contributed by atoms with Crippen molar-refractivity contribution in [3.05, 3.63) is 40.5 Å². The first-order valence-electron chi connectivity index (χ1n) is 4.59. The van der Waals surface area contributed by atoms with E-state index in [1.165, 1.54) is 0 Å². The highest BCUT2D eigenvalue weighted by atomic mass is 16.6. The Morgan fingerprint density at radius 2 is 2.00 bits per heavy atom. The summed E-state index contributed by atoms with van der Waals surface area (Å²) in [6, 6.07) is 3.11. The Kier molecular flexibility index (Phi) is 3.98. The van der Waals surface area contributed by atoms with Gasteiger partial charge in [-0.2, -0.15) is 0 Å². The van der Waals surface area contributed by atoms with Crippen LogP contribution in [0, 0.1) is 10.1 Å². The molecular weight excluding hydrogens is 244 g/mol. The van der Waals surface area contributed by atoms with Gasteiger partial charge in [0.1, 0.15) is 11.4 Å². The summed E-state index contributed by atoms with van der Waals surface area (Å²) in [7, 11) is 0. The van der Waals surface area contributed by atoms with Crippen molar-refractivity contribution in [2.24, 2.45) is 0 Å². The third-order valence-electron chi connectivity index (χ3n) is 1.81. The Bertz CT molecular complexity index is 537. The van der Waals surface area contributed by atoms with Crippen LogP contribution in [-0.4, -0.2) is 27.0 Å². The number of rotatable bonds is 4. The predicted molar refractivity (Wildman–Crippen MR) is 60.2 cm³/mol. The standard InChI is InChI=1S/C10H8N2O6/c13-6-1-2-8(12(17)18)7(5-6)11-9(14)3-4-10(15)16/h1-5,13H,(H,11,14)(H,15,16). The number of carbonyl (C=O) groups excluding carboxylic acids is 1. The third-order valence-corrected chi connectivity index (χ3v) is 1.81. The number of aromatic hydroxyl groups is 1. The van der Waals surface area contributed by atoms with Crippen molar-refractivity contribution in [2.45, 2.75) is 0 Å². The molecule has 1 aromatic rings. The van der Waals surface area contributed by atoms with Gasteiger partial charge in [-0.25, -0.2) is 4.79 Å². The van der Waals surface area contributed by atoms with E-state index in [4.69, 9.17) is 10.2 Å². The highest BCUT2D eigenvalue weighted by molar-refractivity contribution is 6.03. The first kappa shape index (κ1) is 13.2. The number of nitrogens with zero attached hydrogens (tertiary/aromatic N) is 1. The fraction of sp³-hybridized carbons (Fsp3) is 0. The maximum absolute atomic E-state index is 11.2. The van der Waals surface area contributed by atoms with Crippen molar-refractivity contribution in [3.8, 4) is 5.75 Å². The zero-order valence-corrected chi connectivity index (χ0v) is 8.86. The molecule has 0 aliphatic carbocycles. The van der Waals surface area contributed by atoms with Crippen molar-refractivity contribution < 1.29 is 24.7 Å². The van der Waals surface area contributed by atoms with E-state index >= 15 is 0 Å². The van der Waals surface area contributed by atoms with Gasteiger partial charge in [0.25, 0.3) is 5.69 Å². The maximum atomic E-state index is 11.2. The van der Waals surface area contributed by atoms with E-state index in [1.54, 1.807) is 0 Å². The van der Waals surface area contributed by atoms with Gasteiger partial charge in [0.05, 0.1) is 4.92 Å². The van der Waals surface area contributed by atoms with Crippen LogP contribution in [0.3, 0.4) is 0 Å². The molecule has 0 atom stereocenters. The molecule has 3 N–H and O–H groups in total. The summed E-state index contributed by atoms with van der Waals surface area (Å²) >= 11 is 0. The second-order valence-corrected chi connectivity index (χ2v) is 3.12. The Balaban J connectivity index is 2.96. The first-order valence-corrected chi connectivity index (χ1v) is 4.59. The lowest BCUT2D eigenvalue weighted by Gasteiger charge is -2.03. The number of carboxylic acid groups (broad SMARTS) is 1. The van der Waals surface area contributed by atoms with Crippen molar-refractivity contribution in [3.63, 3.8) is 0 Å². The molecule has 0 radical (unpaired) electrons. The smallest absolute Gasteiger partial charge is 0.328 e. The second kappa shape index (κ2) is 5.43. The number of hydrogen-bond donors (Lipinski definition) is 3. The molecule has 0 heterocycles. The van der Waals surface area contributed by atoms with Gasteiger partial charge < -0.3 is 15.5 Å². The Morgan fingerprint density at radius 3 is 2.56 bits per heavy atom. The number of nitro benzene ring substituents is 1. The minimum Gasteiger partial charge on any atom is -0.508 e. The summed E-state index contributed by atoms with van der Waals surface area (Å²) in [6.45, 7) is 0. The molecular formula is C10H8N2O6. The lowest BCUT2D eigenvalue weighted by Crippen LogP contribution is -2.10. The molecule has 0 unspecified atom stereocenters. The van der Waals surface area contributed by atoms with Crippen LogP contribution in [0.2, 0.25) is 0 Å². The average molecular weight is 252 g/mol. The van der Waals surface area contributed by atoms with E-state index in [2.05, 4.69) is 5.32 Å². The quantitative estimate of drug-likeness (QED) is 0.414. The van der Waals surface area contributed by atoms with E-state index in [0.29, 0.717) is 12.2 Å². The van der Waals surface area contributed by atoms with E-state index in [0.717, 1.165) is 18.2 Å². The van der Waals surface area contributed by atoms with Crippen LogP contribution in [0.25, 0.3) is 0 Å². The number of hydrogen-bond acceptors (Lipinski definition) is 5. The Hall–Kier alpha value is -2.90. The number of carbonyl (C=O) groups is 2. The van der Waals surface area contributed by atoms with E-state index in [-0.39, 0.29) is 11.4 Å². The number of anilines is 1. The molecule has 0 fully saturated rings. The molecule has 0 saturated heterocycles. The molecule has 1 rings (SSSR count). The molecule has 8 heteroatoms. The lowest BCUT2D eigenvalue weighted by atomic mass is 10.2. The van der Waals surface area contributed by atoms with Crippen LogP contribution in [0.5, 0.6) is 5.75 Å². The van der Waals surface area contributed by atoms with Crippen molar-refractivity contribution >= 4 is 23.3 Å². The fourth-order valence-electron chi connectivity index (χ4n) is 1.10. The van der Waals surface area contributed by atoms with E-state index in [9.17, 15) is 19.7 Å². The number of amides is 1. The van der Waals surface area contributed by atoms with Crippen molar-refractivity contribution in [2.75, 3.05) is 5.32 Å². The molecule has 8 nitrogen and oxygen atoms in total. The van der Waals surface area contributed by atoms with E-state index in [1.807, 2.05) is 0 Å². The van der Waals surface area contributed by atoms with Crippen molar-refractivity contribution in [1.29, 1.82) is 0 Å². The highest BCUT2D eigenvalue weighted by Gasteiger charge is 2.15. The van der Waals surface area contributed by atoms with Crippen LogP contribution in [0.1, 0.15) is 0 Å². The Morgan fingerprint density at radius 1 is 1.33 bits per heavy atom. The SMILES string of the molecule is O=C(O)C=CC(=O)Nc1cc(O)ccc1[N+](=O)[O-]. The summed E-state index contributed by atoms with van der Waals surface area (Å²) < 4.78 is 0. The Labute approximate surface area is 100 Å². The summed E-state index contributed by atoms with van der Waals surface area (Å²) in [5, 5.41) is 30.2. The van der Waals surface area contributed by atoms with Gasteiger partial charge in [0.15, 0.2) is 0 Å². The number of carboxylic acids is 1. The largest absolute Gasteiger partial charge is 0.508 e. The number of aliphatic carboxylic acids is 1. The monoisotopic (exact) mass is 252 g/mol. The molecule has 1 aromatic carbocycles. The number of nitrogens with one attached hydrogen (secondary N) is 1. The zero-order chi connectivity index (χ0) is 13.7. The molecule has 0 aliphatic heterocycles. The number of nitro groups is 1. The molecule has 0 saturated carbocycles. The lowest BCUT2D eigenvalue weighted by molar-refractivity contribution is -0.383.